The third-order valence-electron chi connectivity index (χ3n) is 1.56. The van der Waals surface area contributed by atoms with Crippen LogP contribution in [0.25, 0.3) is 11.0 Å². The van der Waals surface area contributed by atoms with Crippen molar-refractivity contribution in [1.82, 2.24) is 15.2 Å². The van der Waals surface area contributed by atoms with Crippen LogP contribution in [0.2, 0.25) is 0 Å². The minimum atomic E-state index is -0.359. The van der Waals surface area contributed by atoms with E-state index in [9.17, 15) is 4.79 Å². The van der Waals surface area contributed by atoms with Crippen molar-refractivity contribution in [3.05, 3.63) is 18.5 Å². The third kappa shape index (κ3) is 1.35. The van der Waals surface area contributed by atoms with Crippen molar-refractivity contribution in [3.8, 4) is 5.75 Å². The molecular formula is C8H7N3O2. The lowest BCUT2D eigenvalue weighted by atomic mass is 10.3. The number of nitrogens with zero attached hydrogens (tertiary/aromatic N) is 2. The number of H-pyrrole nitrogens is 1. The Hall–Kier alpha value is -1.91. The zero-order valence-electron chi connectivity index (χ0n) is 6.94. The van der Waals surface area contributed by atoms with Crippen molar-refractivity contribution in [2.24, 2.45) is 0 Å². The van der Waals surface area contributed by atoms with E-state index in [1.54, 1.807) is 18.5 Å². The Morgan fingerprint density at radius 2 is 2.46 bits per heavy atom. The van der Waals surface area contributed by atoms with Gasteiger partial charge in [-0.25, -0.2) is 0 Å². The van der Waals surface area contributed by atoms with Gasteiger partial charge in [0.15, 0.2) is 5.75 Å². The largest absolute Gasteiger partial charge is 0.424 e. The van der Waals surface area contributed by atoms with Gasteiger partial charge in [0.05, 0.1) is 6.20 Å². The van der Waals surface area contributed by atoms with Crippen molar-refractivity contribution in [1.29, 1.82) is 0 Å². The number of esters is 1. The average molecular weight is 177 g/mol. The fourth-order valence-corrected chi connectivity index (χ4v) is 1.07. The smallest absolute Gasteiger partial charge is 0.308 e. The standard InChI is InChI=1S/C8H7N3O2/c1-5(12)13-7-2-3-9-6-4-10-11-8(6)7/h2-4H,1H3,(H,10,11). The Morgan fingerprint density at radius 3 is 3.23 bits per heavy atom. The number of aromatic amines is 1. The predicted molar refractivity (Wildman–Crippen MR) is 45.2 cm³/mol. The molecule has 2 aromatic rings. The lowest BCUT2D eigenvalue weighted by Gasteiger charge is -2.00. The first kappa shape index (κ1) is 7.72. The number of hydrogen-bond acceptors (Lipinski definition) is 4. The van der Waals surface area contributed by atoms with E-state index in [1.165, 1.54) is 6.92 Å². The van der Waals surface area contributed by atoms with Crippen molar-refractivity contribution >= 4 is 17.0 Å². The number of hydrogen-bond donors (Lipinski definition) is 1. The highest BCUT2D eigenvalue weighted by Crippen LogP contribution is 2.20. The molecule has 0 amide bonds. The predicted octanol–water partition coefficient (Wildman–Crippen LogP) is 0.883. The second-order valence-electron chi connectivity index (χ2n) is 2.53. The van der Waals surface area contributed by atoms with Crippen molar-refractivity contribution in [3.63, 3.8) is 0 Å². The van der Waals surface area contributed by atoms with Crippen molar-refractivity contribution in [2.75, 3.05) is 0 Å². The minimum Gasteiger partial charge on any atom is -0.424 e. The van der Waals surface area contributed by atoms with Gasteiger partial charge in [0.25, 0.3) is 0 Å². The molecule has 0 radical (unpaired) electrons. The average Bonchev–Trinajstić information content (AvgIpc) is 2.51. The molecule has 0 aliphatic carbocycles. The molecule has 0 saturated carbocycles. The summed E-state index contributed by atoms with van der Waals surface area (Å²) in [5.74, 6) is 0.0945. The van der Waals surface area contributed by atoms with Gasteiger partial charge in [0.1, 0.15) is 11.0 Å². The topological polar surface area (TPSA) is 67.9 Å². The number of nitrogens with one attached hydrogen (secondary N) is 1. The number of rotatable bonds is 1. The van der Waals surface area contributed by atoms with Crippen LogP contribution in [-0.4, -0.2) is 21.2 Å². The van der Waals surface area contributed by atoms with Gasteiger partial charge >= 0.3 is 5.97 Å². The summed E-state index contributed by atoms with van der Waals surface area (Å²) in [7, 11) is 0. The van der Waals surface area contributed by atoms with Crippen LogP contribution in [0, 0.1) is 0 Å². The number of carbonyl (C=O) groups is 1. The van der Waals surface area contributed by atoms with Gasteiger partial charge in [-0.2, -0.15) is 5.10 Å². The highest BCUT2D eigenvalue weighted by Gasteiger charge is 2.05. The van der Waals surface area contributed by atoms with Crippen LogP contribution in [-0.2, 0) is 4.79 Å². The second-order valence-corrected chi connectivity index (χ2v) is 2.53. The summed E-state index contributed by atoms with van der Waals surface area (Å²) >= 11 is 0. The molecule has 5 heteroatoms. The first-order valence-corrected chi connectivity index (χ1v) is 3.74. The fourth-order valence-electron chi connectivity index (χ4n) is 1.07. The molecule has 0 bridgehead atoms. The summed E-state index contributed by atoms with van der Waals surface area (Å²) in [6.07, 6.45) is 3.14. The van der Waals surface area contributed by atoms with Gasteiger partial charge < -0.3 is 4.74 Å². The summed E-state index contributed by atoms with van der Waals surface area (Å²) < 4.78 is 4.94. The second kappa shape index (κ2) is 2.85. The Morgan fingerprint density at radius 1 is 1.62 bits per heavy atom. The molecule has 2 rings (SSSR count). The van der Waals surface area contributed by atoms with E-state index < -0.39 is 0 Å². The molecule has 1 N–H and O–H groups in total. The number of carbonyl (C=O) groups excluding carboxylic acids is 1. The van der Waals surface area contributed by atoms with E-state index in [1.807, 2.05) is 0 Å². The first-order valence-electron chi connectivity index (χ1n) is 3.74. The molecule has 0 aliphatic heterocycles. The highest BCUT2D eigenvalue weighted by molar-refractivity contribution is 5.83. The molecule has 0 aromatic carbocycles. The van der Waals surface area contributed by atoms with Crippen LogP contribution in [0.3, 0.4) is 0 Å². The van der Waals surface area contributed by atoms with Crippen LogP contribution in [0.4, 0.5) is 0 Å². The Bertz CT molecular complexity index is 449. The molecule has 0 atom stereocenters. The SMILES string of the molecule is CC(=O)Oc1ccnc2cn[nH]c12. The van der Waals surface area contributed by atoms with Gasteiger partial charge in [0, 0.05) is 19.2 Å². The number of ether oxygens (including phenoxy) is 1. The zero-order chi connectivity index (χ0) is 9.26. The van der Waals surface area contributed by atoms with E-state index in [0.717, 1.165) is 0 Å². The Balaban J connectivity index is 2.54. The fraction of sp³-hybridized carbons (Fsp3) is 0.125. The third-order valence-corrected chi connectivity index (χ3v) is 1.56. The van der Waals surface area contributed by atoms with E-state index in [0.29, 0.717) is 16.8 Å². The Labute approximate surface area is 73.7 Å². The molecule has 2 heterocycles. The normalized spacial score (nSPS) is 10.2. The molecule has 5 nitrogen and oxygen atoms in total. The maximum Gasteiger partial charge on any atom is 0.308 e. The van der Waals surface area contributed by atoms with E-state index in [2.05, 4.69) is 15.2 Å². The summed E-state index contributed by atoms with van der Waals surface area (Å²) in [4.78, 5) is 14.7. The maximum atomic E-state index is 10.7. The molecule has 0 saturated heterocycles. The van der Waals surface area contributed by atoms with Gasteiger partial charge in [0.2, 0.25) is 0 Å². The Kier molecular flexibility index (Phi) is 1.70. The van der Waals surface area contributed by atoms with Gasteiger partial charge in [-0.3, -0.25) is 14.9 Å². The minimum absolute atomic E-state index is 0.359. The van der Waals surface area contributed by atoms with Crippen LogP contribution >= 0.6 is 0 Å². The zero-order valence-corrected chi connectivity index (χ0v) is 6.94. The number of pyridine rings is 1. The van der Waals surface area contributed by atoms with Crippen molar-refractivity contribution in [2.45, 2.75) is 6.92 Å². The molecule has 0 aliphatic rings. The number of fused-ring (bicyclic) bond motifs is 1. The molecular weight excluding hydrogens is 170 g/mol. The quantitative estimate of drug-likeness (QED) is 0.656. The van der Waals surface area contributed by atoms with Gasteiger partial charge in [-0.1, -0.05) is 0 Å². The summed E-state index contributed by atoms with van der Waals surface area (Å²) in [6.45, 7) is 1.35. The van der Waals surface area contributed by atoms with Crippen LogP contribution < -0.4 is 4.74 Å². The lowest BCUT2D eigenvalue weighted by Crippen LogP contribution is -2.01. The molecule has 0 fully saturated rings. The summed E-state index contributed by atoms with van der Waals surface area (Å²) in [6, 6.07) is 1.61. The van der Waals surface area contributed by atoms with E-state index in [4.69, 9.17) is 4.74 Å². The summed E-state index contributed by atoms with van der Waals surface area (Å²) in [5, 5.41) is 6.49. The molecule has 0 unspecified atom stereocenters. The van der Waals surface area contributed by atoms with Crippen LogP contribution in [0.1, 0.15) is 6.92 Å². The van der Waals surface area contributed by atoms with E-state index in [-0.39, 0.29) is 5.97 Å². The first-order chi connectivity index (χ1) is 6.27. The summed E-state index contributed by atoms with van der Waals surface area (Å²) in [5.41, 5.74) is 1.32. The molecule has 2 aromatic heterocycles. The molecule has 0 spiro atoms. The van der Waals surface area contributed by atoms with Crippen molar-refractivity contribution < 1.29 is 9.53 Å². The monoisotopic (exact) mass is 177 g/mol. The van der Waals surface area contributed by atoms with Gasteiger partial charge in [-0.05, 0) is 0 Å². The maximum absolute atomic E-state index is 10.7. The van der Waals surface area contributed by atoms with E-state index >= 15 is 0 Å². The molecule has 13 heavy (non-hydrogen) atoms. The highest BCUT2D eigenvalue weighted by atomic mass is 16.5. The van der Waals surface area contributed by atoms with Crippen LogP contribution in [0.5, 0.6) is 5.75 Å². The lowest BCUT2D eigenvalue weighted by molar-refractivity contribution is -0.131. The van der Waals surface area contributed by atoms with Gasteiger partial charge in [-0.15, -0.1) is 0 Å². The molecule has 66 valence electrons. The van der Waals surface area contributed by atoms with Crippen LogP contribution in [0.15, 0.2) is 18.5 Å². The number of aromatic nitrogens is 3.